The van der Waals surface area contributed by atoms with Gasteiger partial charge in [0.05, 0.1) is 12.6 Å². The van der Waals surface area contributed by atoms with Crippen molar-refractivity contribution in [1.29, 1.82) is 0 Å². The molecule has 0 spiro atoms. The molecule has 2 fully saturated rings. The average molecular weight is 384 g/mol. The number of hydrogen-bond acceptors (Lipinski definition) is 4. The molecule has 0 bridgehead atoms. The van der Waals surface area contributed by atoms with Gasteiger partial charge >= 0.3 is 0 Å². The number of allylic oxidation sites excluding steroid dienone is 3. The second kappa shape index (κ2) is 9.82. The highest BCUT2D eigenvalue weighted by Crippen LogP contribution is 2.39. The number of H-pyrrole nitrogens is 1. The minimum absolute atomic E-state index is 0.0915. The van der Waals surface area contributed by atoms with Crippen molar-refractivity contribution in [2.24, 2.45) is 10.9 Å². The number of carbonyl (C=O) groups excluding carboxylic acids is 1. The van der Waals surface area contributed by atoms with Crippen molar-refractivity contribution >= 4 is 12.1 Å². The lowest BCUT2D eigenvalue weighted by molar-refractivity contribution is -0.131. The van der Waals surface area contributed by atoms with Crippen LogP contribution in [0.5, 0.6) is 0 Å². The Balaban J connectivity index is 1.61. The summed E-state index contributed by atoms with van der Waals surface area (Å²) in [5.41, 5.74) is 2.39. The third kappa shape index (κ3) is 4.61. The van der Waals surface area contributed by atoms with Crippen molar-refractivity contribution in [3.63, 3.8) is 0 Å². The van der Waals surface area contributed by atoms with Crippen LogP contribution in [0.4, 0.5) is 0 Å². The molecule has 1 aromatic heterocycles. The van der Waals surface area contributed by atoms with Gasteiger partial charge in [0, 0.05) is 42.2 Å². The number of rotatable bonds is 7. The summed E-state index contributed by atoms with van der Waals surface area (Å²) < 4.78 is 0. The molecule has 1 saturated carbocycles. The van der Waals surface area contributed by atoms with Gasteiger partial charge in [-0.15, -0.1) is 0 Å². The van der Waals surface area contributed by atoms with Crippen molar-refractivity contribution in [3.8, 4) is 0 Å². The van der Waals surface area contributed by atoms with Crippen LogP contribution in [-0.2, 0) is 4.79 Å². The molecule has 6 heteroatoms. The number of nitrogens with one attached hydrogen (secondary N) is 2. The van der Waals surface area contributed by atoms with Gasteiger partial charge in [-0.3, -0.25) is 9.79 Å². The van der Waals surface area contributed by atoms with Crippen LogP contribution < -0.4 is 5.32 Å². The first-order valence-electron chi connectivity index (χ1n) is 10.5. The van der Waals surface area contributed by atoms with E-state index in [1.54, 1.807) is 12.3 Å². The minimum atomic E-state index is 0.0915. The molecule has 1 amide bonds. The number of aliphatic imine (C=N–C) groups is 1. The van der Waals surface area contributed by atoms with Crippen LogP contribution in [0.3, 0.4) is 0 Å². The molecule has 1 unspecified atom stereocenters. The van der Waals surface area contributed by atoms with Gasteiger partial charge in [0.1, 0.15) is 5.82 Å². The number of likely N-dealkylation sites (tertiary alicyclic amines) is 1. The molecule has 6 nitrogen and oxygen atoms in total. The van der Waals surface area contributed by atoms with Crippen LogP contribution in [0.25, 0.3) is 0 Å². The monoisotopic (exact) mass is 383 g/mol. The summed E-state index contributed by atoms with van der Waals surface area (Å²) in [6.07, 6.45) is 14.2. The standard InChI is InChI=1S/C22H33N5O/c1-4-12-24-18(5-2)16-8-10-17(11-9-16)19-14-25-22(26-19)20-7-6-13-27(20)21(28)15-23-3/h4-5,12,14,16-17,20,23H,1,6-11,13,15H2,2-3H3,(H,25,26)/b18-5-,24-12?. The Bertz CT molecular complexity index is 727. The molecule has 2 aliphatic rings. The smallest absolute Gasteiger partial charge is 0.237 e. The molecule has 28 heavy (non-hydrogen) atoms. The summed E-state index contributed by atoms with van der Waals surface area (Å²) in [4.78, 5) is 27.1. The number of likely N-dealkylation sites (N-methyl/N-ethyl adjacent to an activating group) is 1. The molecular formula is C22H33N5O. The van der Waals surface area contributed by atoms with Crippen molar-refractivity contribution in [2.75, 3.05) is 20.1 Å². The molecule has 1 aliphatic heterocycles. The van der Waals surface area contributed by atoms with E-state index in [1.165, 1.54) is 11.4 Å². The first-order chi connectivity index (χ1) is 13.7. The summed E-state index contributed by atoms with van der Waals surface area (Å²) in [5.74, 6) is 2.15. The van der Waals surface area contributed by atoms with Crippen LogP contribution in [0.2, 0.25) is 0 Å². The van der Waals surface area contributed by atoms with E-state index >= 15 is 0 Å². The van der Waals surface area contributed by atoms with Crippen LogP contribution in [0.15, 0.2) is 35.6 Å². The number of nitrogens with zero attached hydrogens (tertiary/aromatic N) is 3. The summed E-state index contributed by atoms with van der Waals surface area (Å²) in [6, 6.07) is 0.0915. The van der Waals surface area contributed by atoms with Gasteiger partial charge in [-0.2, -0.15) is 0 Å². The molecule has 0 aromatic carbocycles. The number of aromatic amines is 1. The first kappa shape index (κ1) is 20.5. The second-order valence-electron chi connectivity index (χ2n) is 7.78. The van der Waals surface area contributed by atoms with E-state index in [2.05, 4.69) is 39.9 Å². The zero-order chi connectivity index (χ0) is 19.9. The Hall–Kier alpha value is -2.21. The number of carbonyl (C=O) groups is 1. The maximum Gasteiger partial charge on any atom is 0.237 e. The Morgan fingerprint density at radius 1 is 1.39 bits per heavy atom. The maximum atomic E-state index is 12.3. The van der Waals surface area contributed by atoms with E-state index < -0.39 is 0 Å². The largest absolute Gasteiger partial charge is 0.344 e. The van der Waals surface area contributed by atoms with Gasteiger partial charge in [0.2, 0.25) is 5.91 Å². The van der Waals surface area contributed by atoms with E-state index in [9.17, 15) is 4.79 Å². The maximum absolute atomic E-state index is 12.3. The molecular weight excluding hydrogens is 350 g/mol. The molecule has 152 valence electrons. The van der Waals surface area contributed by atoms with Crippen LogP contribution in [0, 0.1) is 5.92 Å². The van der Waals surface area contributed by atoms with Crippen molar-refractivity contribution in [3.05, 3.63) is 42.1 Å². The highest BCUT2D eigenvalue weighted by atomic mass is 16.2. The van der Waals surface area contributed by atoms with Gasteiger partial charge in [0.25, 0.3) is 0 Å². The molecule has 1 aliphatic carbocycles. The second-order valence-corrected chi connectivity index (χ2v) is 7.78. The third-order valence-corrected chi connectivity index (χ3v) is 6.04. The number of amides is 1. The molecule has 2 N–H and O–H groups in total. The first-order valence-corrected chi connectivity index (χ1v) is 10.5. The molecule has 3 rings (SSSR count). The topological polar surface area (TPSA) is 73.4 Å². The molecule has 1 aromatic rings. The van der Waals surface area contributed by atoms with E-state index in [4.69, 9.17) is 0 Å². The Kier molecular flexibility index (Phi) is 7.20. The highest BCUT2D eigenvalue weighted by Gasteiger charge is 2.32. The van der Waals surface area contributed by atoms with E-state index in [-0.39, 0.29) is 11.9 Å². The normalized spacial score (nSPS) is 26.1. The van der Waals surface area contributed by atoms with Crippen LogP contribution >= 0.6 is 0 Å². The number of hydrogen-bond donors (Lipinski definition) is 2. The highest BCUT2D eigenvalue weighted by molar-refractivity contribution is 5.79. The predicted molar refractivity (Wildman–Crippen MR) is 113 cm³/mol. The van der Waals surface area contributed by atoms with E-state index in [0.717, 1.165) is 50.9 Å². The SMILES string of the molecule is C=CC=N/C(=C\C)C1CCC(c2cnc(C3CCCN3C(=O)CNC)[nH]2)CC1. The van der Waals surface area contributed by atoms with Crippen molar-refractivity contribution < 1.29 is 4.79 Å². The van der Waals surface area contributed by atoms with Gasteiger partial charge in [-0.05, 0) is 52.5 Å². The molecule has 0 radical (unpaired) electrons. The third-order valence-electron chi connectivity index (χ3n) is 6.04. The Morgan fingerprint density at radius 2 is 2.18 bits per heavy atom. The summed E-state index contributed by atoms with van der Waals surface area (Å²) in [6.45, 7) is 6.98. The summed E-state index contributed by atoms with van der Waals surface area (Å²) >= 11 is 0. The lowest BCUT2D eigenvalue weighted by Gasteiger charge is -2.28. The van der Waals surface area contributed by atoms with E-state index in [1.807, 2.05) is 18.1 Å². The Labute approximate surface area is 168 Å². The predicted octanol–water partition coefficient (Wildman–Crippen LogP) is 3.73. The fraction of sp³-hybridized carbons (Fsp3) is 0.591. The number of imidazole rings is 1. The summed E-state index contributed by atoms with van der Waals surface area (Å²) in [7, 11) is 1.81. The van der Waals surface area contributed by atoms with Crippen LogP contribution in [0.1, 0.15) is 68.9 Å². The number of aromatic nitrogens is 2. The van der Waals surface area contributed by atoms with Crippen molar-refractivity contribution in [2.45, 2.75) is 57.4 Å². The molecule has 2 heterocycles. The lowest BCUT2D eigenvalue weighted by Crippen LogP contribution is -2.37. The Morgan fingerprint density at radius 3 is 2.86 bits per heavy atom. The summed E-state index contributed by atoms with van der Waals surface area (Å²) in [5, 5.41) is 2.96. The van der Waals surface area contributed by atoms with Gasteiger partial charge in [0.15, 0.2) is 0 Å². The van der Waals surface area contributed by atoms with Crippen LogP contribution in [-0.4, -0.2) is 47.1 Å². The quantitative estimate of drug-likeness (QED) is 0.705. The fourth-order valence-electron chi connectivity index (χ4n) is 4.59. The van der Waals surface area contributed by atoms with E-state index in [0.29, 0.717) is 18.4 Å². The van der Waals surface area contributed by atoms with Gasteiger partial charge in [-0.1, -0.05) is 18.7 Å². The lowest BCUT2D eigenvalue weighted by atomic mass is 9.79. The minimum Gasteiger partial charge on any atom is -0.344 e. The average Bonchev–Trinajstić information content (AvgIpc) is 3.38. The van der Waals surface area contributed by atoms with Gasteiger partial charge in [-0.25, -0.2) is 4.98 Å². The zero-order valence-corrected chi connectivity index (χ0v) is 17.2. The fourth-order valence-corrected chi connectivity index (χ4v) is 4.59. The van der Waals surface area contributed by atoms with Crippen molar-refractivity contribution in [1.82, 2.24) is 20.2 Å². The zero-order valence-electron chi connectivity index (χ0n) is 17.2. The van der Waals surface area contributed by atoms with Gasteiger partial charge < -0.3 is 15.2 Å². The molecule has 1 saturated heterocycles. The molecule has 1 atom stereocenters.